The molecule has 82 valence electrons. The number of ether oxygens (including phenoxy) is 1. The molecule has 14 heavy (non-hydrogen) atoms. The van der Waals surface area contributed by atoms with E-state index in [2.05, 4.69) is 0 Å². The average molecular weight is 202 g/mol. The molecule has 0 aromatic heterocycles. The predicted molar refractivity (Wildman–Crippen MR) is 50.6 cm³/mol. The number of esters is 1. The molecule has 4 heteroatoms. The minimum atomic E-state index is -0.942. The van der Waals surface area contributed by atoms with Crippen LogP contribution < -0.4 is 0 Å². The molecule has 1 aliphatic carbocycles. The lowest BCUT2D eigenvalue weighted by molar-refractivity contribution is -0.153. The molecule has 0 heterocycles. The average Bonchev–Trinajstić information content (AvgIpc) is 2.26. The van der Waals surface area contributed by atoms with Gasteiger partial charge >= 0.3 is 5.97 Å². The molecule has 0 aliphatic heterocycles. The SMILES string of the molecule is O=C(OC[C@@H](O)CO)C1CCCCC1. The van der Waals surface area contributed by atoms with E-state index in [1.54, 1.807) is 0 Å². The number of hydrogen-bond donors (Lipinski definition) is 2. The fourth-order valence-electron chi connectivity index (χ4n) is 1.69. The summed E-state index contributed by atoms with van der Waals surface area (Å²) in [6.07, 6.45) is 4.22. The maximum absolute atomic E-state index is 11.4. The topological polar surface area (TPSA) is 66.8 Å². The fraction of sp³-hybridized carbons (Fsp3) is 0.900. The molecule has 1 rings (SSSR count). The van der Waals surface area contributed by atoms with Crippen LogP contribution in [0.25, 0.3) is 0 Å². The maximum Gasteiger partial charge on any atom is 0.309 e. The first-order chi connectivity index (χ1) is 6.74. The van der Waals surface area contributed by atoms with E-state index < -0.39 is 6.10 Å². The highest BCUT2D eigenvalue weighted by atomic mass is 16.5. The van der Waals surface area contributed by atoms with Gasteiger partial charge in [-0.15, -0.1) is 0 Å². The van der Waals surface area contributed by atoms with Gasteiger partial charge < -0.3 is 14.9 Å². The summed E-state index contributed by atoms with van der Waals surface area (Å²) in [6.45, 7) is -0.455. The molecular formula is C10H18O4. The molecule has 0 saturated heterocycles. The molecule has 1 aliphatic rings. The van der Waals surface area contributed by atoms with Gasteiger partial charge in [-0.1, -0.05) is 19.3 Å². The van der Waals surface area contributed by atoms with Crippen molar-refractivity contribution in [2.24, 2.45) is 5.92 Å². The summed E-state index contributed by atoms with van der Waals surface area (Å²) in [5, 5.41) is 17.5. The van der Waals surface area contributed by atoms with Crippen molar-refractivity contribution in [1.82, 2.24) is 0 Å². The Hall–Kier alpha value is -0.610. The van der Waals surface area contributed by atoms with E-state index in [4.69, 9.17) is 14.9 Å². The zero-order valence-electron chi connectivity index (χ0n) is 8.32. The molecule has 1 atom stereocenters. The van der Waals surface area contributed by atoms with Gasteiger partial charge in [0.2, 0.25) is 0 Å². The molecule has 0 unspecified atom stereocenters. The molecule has 0 amide bonds. The van der Waals surface area contributed by atoms with Crippen molar-refractivity contribution >= 4 is 5.97 Å². The van der Waals surface area contributed by atoms with Crippen molar-refractivity contribution < 1.29 is 19.7 Å². The molecule has 0 aromatic rings. The number of rotatable bonds is 4. The normalized spacial score (nSPS) is 20.4. The van der Waals surface area contributed by atoms with Crippen LogP contribution in [0.15, 0.2) is 0 Å². The van der Waals surface area contributed by atoms with E-state index in [1.807, 2.05) is 0 Å². The first kappa shape index (κ1) is 11.5. The quantitative estimate of drug-likeness (QED) is 0.650. The zero-order valence-corrected chi connectivity index (χ0v) is 8.32. The third-order valence-electron chi connectivity index (χ3n) is 2.57. The molecule has 1 fully saturated rings. The van der Waals surface area contributed by atoms with Crippen LogP contribution in [0.2, 0.25) is 0 Å². The summed E-state index contributed by atoms with van der Waals surface area (Å²) in [5.74, 6) is -0.216. The van der Waals surface area contributed by atoms with Crippen molar-refractivity contribution in [1.29, 1.82) is 0 Å². The number of hydrogen-bond acceptors (Lipinski definition) is 4. The summed E-state index contributed by atoms with van der Waals surface area (Å²) in [5.41, 5.74) is 0. The second-order valence-electron chi connectivity index (χ2n) is 3.80. The van der Waals surface area contributed by atoms with Crippen molar-refractivity contribution in [2.45, 2.75) is 38.2 Å². The van der Waals surface area contributed by atoms with Crippen molar-refractivity contribution in [3.8, 4) is 0 Å². The van der Waals surface area contributed by atoms with Crippen LogP contribution in [0.4, 0.5) is 0 Å². The molecule has 2 N–H and O–H groups in total. The number of carbonyl (C=O) groups excluding carboxylic acids is 1. The summed E-state index contributed by atoms with van der Waals surface area (Å²) < 4.78 is 4.89. The second kappa shape index (κ2) is 5.98. The standard InChI is InChI=1S/C10H18O4/c11-6-9(12)7-14-10(13)8-4-2-1-3-5-8/h8-9,11-12H,1-7H2/t9-/m0/s1. The van der Waals surface area contributed by atoms with Crippen LogP contribution in [0, 0.1) is 5.92 Å². The Morgan fingerprint density at radius 3 is 2.57 bits per heavy atom. The Kier molecular flexibility index (Phi) is 4.90. The number of aliphatic hydroxyl groups excluding tert-OH is 2. The second-order valence-corrected chi connectivity index (χ2v) is 3.80. The van der Waals surface area contributed by atoms with Gasteiger partial charge in [0.05, 0.1) is 12.5 Å². The van der Waals surface area contributed by atoms with E-state index in [0.29, 0.717) is 0 Å². The molecule has 0 spiro atoms. The highest BCUT2D eigenvalue weighted by Crippen LogP contribution is 2.24. The van der Waals surface area contributed by atoms with E-state index >= 15 is 0 Å². The van der Waals surface area contributed by atoms with Gasteiger partial charge in [-0.2, -0.15) is 0 Å². The monoisotopic (exact) mass is 202 g/mol. The Labute approximate surface area is 83.9 Å². The smallest absolute Gasteiger partial charge is 0.309 e. The Balaban J connectivity index is 2.19. The van der Waals surface area contributed by atoms with Crippen LogP contribution in [0.3, 0.4) is 0 Å². The van der Waals surface area contributed by atoms with Crippen LogP contribution in [-0.4, -0.2) is 35.5 Å². The van der Waals surface area contributed by atoms with E-state index in [9.17, 15) is 4.79 Å². The lowest BCUT2D eigenvalue weighted by Gasteiger charge is -2.20. The molecule has 1 saturated carbocycles. The van der Waals surface area contributed by atoms with Crippen LogP contribution in [-0.2, 0) is 9.53 Å². The first-order valence-corrected chi connectivity index (χ1v) is 5.19. The molecule has 0 bridgehead atoms. The summed E-state index contributed by atoms with van der Waals surface area (Å²) in [4.78, 5) is 11.4. The van der Waals surface area contributed by atoms with Gasteiger partial charge in [0.15, 0.2) is 0 Å². The van der Waals surface area contributed by atoms with Crippen molar-refractivity contribution in [3.05, 3.63) is 0 Å². The fourth-order valence-corrected chi connectivity index (χ4v) is 1.69. The van der Waals surface area contributed by atoms with E-state index in [0.717, 1.165) is 25.7 Å². The molecule has 0 radical (unpaired) electrons. The van der Waals surface area contributed by atoms with Crippen LogP contribution >= 0.6 is 0 Å². The van der Waals surface area contributed by atoms with Gasteiger partial charge in [0.25, 0.3) is 0 Å². The Morgan fingerprint density at radius 1 is 1.36 bits per heavy atom. The Morgan fingerprint density at radius 2 is 2.00 bits per heavy atom. The highest BCUT2D eigenvalue weighted by Gasteiger charge is 2.22. The maximum atomic E-state index is 11.4. The van der Waals surface area contributed by atoms with Gasteiger partial charge in [-0.25, -0.2) is 0 Å². The van der Waals surface area contributed by atoms with Crippen molar-refractivity contribution in [2.75, 3.05) is 13.2 Å². The van der Waals surface area contributed by atoms with Crippen molar-refractivity contribution in [3.63, 3.8) is 0 Å². The van der Waals surface area contributed by atoms with Gasteiger partial charge in [-0.05, 0) is 12.8 Å². The molecule has 4 nitrogen and oxygen atoms in total. The molecular weight excluding hydrogens is 184 g/mol. The number of carbonyl (C=O) groups is 1. The Bertz CT molecular complexity index is 175. The lowest BCUT2D eigenvalue weighted by atomic mass is 9.89. The van der Waals surface area contributed by atoms with Gasteiger partial charge in [0.1, 0.15) is 12.7 Å². The molecule has 0 aromatic carbocycles. The predicted octanol–water partition coefficient (Wildman–Crippen LogP) is 0.463. The van der Waals surface area contributed by atoms with E-state index in [1.165, 1.54) is 6.42 Å². The summed E-state index contributed by atoms with van der Waals surface area (Å²) in [6, 6.07) is 0. The zero-order chi connectivity index (χ0) is 10.4. The largest absolute Gasteiger partial charge is 0.463 e. The van der Waals surface area contributed by atoms with E-state index in [-0.39, 0.29) is 25.1 Å². The summed E-state index contributed by atoms with van der Waals surface area (Å²) >= 11 is 0. The third kappa shape index (κ3) is 3.64. The summed E-state index contributed by atoms with van der Waals surface area (Å²) in [7, 11) is 0. The highest BCUT2D eigenvalue weighted by molar-refractivity contribution is 5.72. The third-order valence-corrected chi connectivity index (χ3v) is 2.57. The van der Waals surface area contributed by atoms with Crippen LogP contribution in [0.5, 0.6) is 0 Å². The van der Waals surface area contributed by atoms with Gasteiger partial charge in [-0.3, -0.25) is 4.79 Å². The van der Waals surface area contributed by atoms with Crippen LogP contribution in [0.1, 0.15) is 32.1 Å². The first-order valence-electron chi connectivity index (χ1n) is 5.19. The minimum absolute atomic E-state index is 0.00893. The van der Waals surface area contributed by atoms with Gasteiger partial charge in [0, 0.05) is 0 Å². The number of aliphatic hydroxyl groups is 2. The minimum Gasteiger partial charge on any atom is -0.463 e. The lowest BCUT2D eigenvalue weighted by Crippen LogP contribution is -2.26.